The quantitative estimate of drug-likeness (QED) is 0.734. The minimum atomic E-state index is -1.10. The first-order valence-electron chi connectivity index (χ1n) is 5.73. The Morgan fingerprint density at radius 2 is 2.40 bits per heavy atom. The van der Waals surface area contributed by atoms with E-state index in [1.54, 1.807) is 11.4 Å². The largest absolute Gasteiger partial charge is 0.496 e. The number of aromatic amines is 1. The lowest BCUT2D eigenvalue weighted by Crippen LogP contribution is -2.42. The third kappa shape index (κ3) is 3.35. The molecule has 106 valence electrons. The number of methoxy groups -OCH3 is 1. The van der Waals surface area contributed by atoms with Crippen molar-refractivity contribution in [2.45, 2.75) is 12.5 Å². The second-order valence-corrected chi connectivity index (χ2v) is 4.91. The van der Waals surface area contributed by atoms with Crippen LogP contribution < -0.4 is 10.1 Å². The van der Waals surface area contributed by atoms with Gasteiger partial charge in [-0.2, -0.15) is 0 Å². The molecule has 20 heavy (non-hydrogen) atoms. The summed E-state index contributed by atoms with van der Waals surface area (Å²) in [6.45, 7) is 0. The van der Waals surface area contributed by atoms with Gasteiger partial charge in [0.05, 0.1) is 18.3 Å². The Morgan fingerprint density at radius 3 is 2.95 bits per heavy atom. The molecule has 2 aromatic rings. The fraction of sp³-hybridized carbons (Fsp3) is 0.250. The number of hydrogen-bond acceptors (Lipinski definition) is 5. The van der Waals surface area contributed by atoms with E-state index in [1.165, 1.54) is 31.0 Å². The summed E-state index contributed by atoms with van der Waals surface area (Å²) in [4.78, 5) is 30.2. The topological polar surface area (TPSA) is 104 Å². The van der Waals surface area contributed by atoms with E-state index in [-0.39, 0.29) is 6.42 Å². The van der Waals surface area contributed by atoms with Crippen LogP contribution >= 0.6 is 11.3 Å². The second kappa shape index (κ2) is 6.20. The zero-order chi connectivity index (χ0) is 14.5. The van der Waals surface area contributed by atoms with Gasteiger partial charge >= 0.3 is 5.97 Å². The Kier molecular flexibility index (Phi) is 4.36. The highest BCUT2D eigenvalue weighted by Crippen LogP contribution is 2.21. The molecular formula is C12H13N3O4S. The van der Waals surface area contributed by atoms with Crippen LogP contribution in [0.3, 0.4) is 0 Å². The Labute approximate surface area is 118 Å². The number of carboxylic acids is 1. The number of carbonyl (C=O) groups excluding carboxylic acids is 1. The Bertz CT molecular complexity index is 594. The van der Waals surface area contributed by atoms with Gasteiger partial charge in [-0.05, 0) is 0 Å². The lowest BCUT2D eigenvalue weighted by molar-refractivity contribution is -0.139. The number of H-pyrrole nitrogens is 1. The van der Waals surface area contributed by atoms with E-state index >= 15 is 0 Å². The van der Waals surface area contributed by atoms with Crippen molar-refractivity contribution in [2.24, 2.45) is 0 Å². The van der Waals surface area contributed by atoms with Crippen molar-refractivity contribution in [1.82, 2.24) is 15.3 Å². The number of amides is 1. The van der Waals surface area contributed by atoms with Gasteiger partial charge in [0, 0.05) is 29.8 Å². The highest BCUT2D eigenvalue weighted by molar-refractivity contribution is 7.12. The first kappa shape index (κ1) is 14.1. The predicted molar refractivity (Wildman–Crippen MR) is 72.1 cm³/mol. The van der Waals surface area contributed by atoms with Gasteiger partial charge in [0.1, 0.15) is 11.8 Å². The summed E-state index contributed by atoms with van der Waals surface area (Å²) >= 11 is 1.19. The Morgan fingerprint density at radius 1 is 1.60 bits per heavy atom. The monoisotopic (exact) mass is 295 g/mol. The molecule has 0 spiro atoms. The lowest BCUT2D eigenvalue weighted by Gasteiger charge is -2.12. The van der Waals surface area contributed by atoms with E-state index in [1.807, 2.05) is 0 Å². The molecule has 0 radical (unpaired) electrons. The molecule has 2 aromatic heterocycles. The molecule has 0 fully saturated rings. The third-order valence-electron chi connectivity index (χ3n) is 2.62. The average Bonchev–Trinajstić information content (AvgIpc) is 3.08. The summed E-state index contributed by atoms with van der Waals surface area (Å²) < 4.78 is 4.98. The molecule has 0 unspecified atom stereocenters. The van der Waals surface area contributed by atoms with Crippen LogP contribution in [0.2, 0.25) is 0 Å². The number of carbonyl (C=O) groups is 2. The zero-order valence-corrected chi connectivity index (χ0v) is 11.4. The summed E-state index contributed by atoms with van der Waals surface area (Å²) in [6, 6.07) is 0.547. The maximum absolute atomic E-state index is 12.0. The molecule has 2 rings (SSSR count). The van der Waals surface area contributed by atoms with E-state index in [9.17, 15) is 9.59 Å². The van der Waals surface area contributed by atoms with Gasteiger partial charge in [-0.3, -0.25) is 4.79 Å². The number of nitrogens with zero attached hydrogens (tertiary/aromatic N) is 1. The van der Waals surface area contributed by atoms with Gasteiger partial charge in [0.25, 0.3) is 5.91 Å². The Balaban J connectivity index is 2.04. The highest BCUT2D eigenvalue weighted by Gasteiger charge is 2.22. The van der Waals surface area contributed by atoms with Crippen LogP contribution in [0.4, 0.5) is 0 Å². The smallest absolute Gasteiger partial charge is 0.326 e. The molecular weight excluding hydrogens is 282 g/mol. The van der Waals surface area contributed by atoms with Crippen LogP contribution in [-0.4, -0.2) is 40.1 Å². The molecule has 0 aliphatic heterocycles. The maximum atomic E-state index is 12.0. The number of aromatic nitrogens is 2. The molecule has 2 heterocycles. The van der Waals surface area contributed by atoms with Crippen LogP contribution in [0.15, 0.2) is 24.0 Å². The van der Waals surface area contributed by atoms with Crippen LogP contribution in [0.25, 0.3) is 0 Å². The third-order valence-corrected chi connectivity index (χ3v) is 3.52. The molecule has 0 aliphatic carbocycles. The summed E-state index contributed by atoms with van der Waals surface area (Å²) in [7, 11) is 1.50. The summed E-state index contributed by atoms with van der Waals surface area (Å²) in [5, 5.41) is 13.3. The molecule has 3 N–H and O–H groups in total. The van der Waals surface area contributed by atoms with Crippen molar-refractivity contribution in [1.29, 1.82) is 0 Å². The molecule has 0 aliphatic rings. The van der Waals surface area contributed by atoms with Crippen LogP contribution in [0.5, 0.6) is 5.75 Å². The van der Waals surface area contributed by atoms with Crippen molar-refractivity contribution >= 4 is 23.2 Å². The number of rotatable bonds is 6. The van der Waals surface area contributed by atoms with E-state index < -0.39 is 17.9 Å². The highest BCUT2D eigenvalue weighted by atomic mass is 32.1. The zero-order valence-electron chi connectivity index (χ0n) is 10.6. The number of nitrogens with one attached hydrogen (secondary N) is 2. The van der Waals surface area contributed by atoms with Crippen molar-refractivity contribution in [3.8, 4) is 5.75 Å². The van der Waals surface area contributed by atoms with Crippen molar-refractivity contribution in [3.63, 3.8) is 0 Å². The van der Waals surface area contributed by atoms with Crippen molar-refractivity contribution in [3.05, 3.63) is 34.5 Å². The number of carboxylic acid groups (broad SMARTS) is 1. The van der Waals surface area contributed by atoms with Gasteiger partial charge in [0.15, 0.2) is 0 Å². The maximum Gasteiger partial charge on any atom is 0.326 e. The molecule has 0 saturated heterocycles. The SMILES string of the molecule is COc1csc(C(=O)N[C@H](Cc2cnc[nH]2)C(=O)O)c1. The predicted octanol–water partition coefficient (Wildman–Crippen LogP) is 0.905. The molecule has 7 nitrogen and oxygen atoms in total. The van der Waals surface area contributed by atoms with E-state index in [0.29, 0.717) is 16.3 Å². The van der Waals surface area contributed by atoms with E-state index in [4.69, 9.17) is 9.84 Å². The normalized spacial score (nSPS) is 11.8. The molecule has 8 heteroatoms. The fourth-order valence-electron chi connectivity index (χ4n) is 1.59. The van der Waals surface area contributed by atoms with Crippen molar-refractivity contribution in [2.75, 3.05) is 7.11 Å². The number of ether oxygens (including phenoxy) is 1. The van der Waals surface area contributed by atoms with Gasteiger partial charge in [-0.15, -0.1) is 11.3 Å². The van der Waals surface area contributed by atoms with Gasteiger partial charge in [-0.1, -0.05) is 0 Å². The first-order chi connectivity index (χ1) is 9.60. The minimum Gasteiger partial charge on any atom is -0.496 e. The number of thiophene rings is 1. The number of aliphatic carboxylic acids is 1. The molecule has 1 atom stereocenters. The van der Waals surface area contributed by atoms with Gasteiger partial charge in [-0.25, -0.2) is 9.78 Å². The van der Waals surface area contributed by atoms with Crippen LogP contribution in [-0.2, 0) is 11.2 Å². The molecule has 1 amide bonds. The molecule has 0 saturated carbocycles. The first-order valence-corrected chi connectivity index (χ1v) is 6.61. The van der Waals surface area contributed by atoms with Crippen molar-refractivity contribution < 1.29 is 19.4 Å². The molecule has 0 bridgehead atoms. The van der Waals surface area contributed by atoms with Crippen LogP contribution in [0.1, 0.15) is 15.4 Å². The summed E-state index contributed by atoms with van der Waals surface area (Å²) in [5.74, 6) is -0.970. The standard InChI is InChI=1S/C12H13N3O4S/c1-19-8-3-10(20-5-8)11(16)15-9(12(17)18)2-7-4-13-6-14-7/h3-6,9H,2H2,1H3,(H,13,14)(H,15,16)(H,17,18)/t9-/m1/s1. The van der Waals surface area contributed by atoms with Crippen LogP contribution in [0, 0.1) is 0 Å². The summed E-state index contributed by atoms with van der Waals surface area (Å²) in [6.07, 6.45) is 3.13. The lowest BCUT2D eigenvalue weighted by atomic mass is 10.1. The van der Waals surface area contributed by atoms with E-state index in [2.05, 4.69) is 15.3 Å². The second-order valence-electron chi connectivity index (χ2n) is 4.00. The van der Waals surface area contributed by atoms with Gasteiger partial charge in [0.2, 0.25) is 0 Å². The minimum absolute atomic E-state index is 0.142. The van der Waals surface area contributed by atoms with Gasteiger partial charge < -0.3 is 20.1 Å². The molecule has 0 aromatic carbocycles. The summed E-state index contributed by atoms with van der Waals surface area (Å²) in [5.41, 5.74) is 0.640. The number of imidazole rings is 1. The average molecular weight is 295 g/mol. The Hall–Kier alpha value is -2.35. The fourth-order valence-corrected chi connectivity index (χ4v) is 2.35. The van der Waals surface area contributed by atoms with E-state index in [0.717, 1.165) is 0 Å². The number of hydrogen-bond donors (Lipinski definition) is 3.